The van der Waals surface area contributed by atoms with Gasteiger partial charge in [0.2, 0.25) is 5.91 Å². The van der Waals surface area contributed by atoms with Gasteiger partial charge in [-0.1, -0.05) is 6.07 Å². The van der Waals surface area contributed by atoms with E-state index in [-0.39, 0.29) is 5.91 Å². The highest BCUT2D eigenvalue weighted by Crippen LogP contribution is 2.13. The first-order valence-electron chi connectivity index (χ1n) is 5.07. The number of imide groups is 1. The maximum atomic E-state index is 11.6. The van der Waals surface area contributed by atoms with Gasteiger partial charge in [0.25, 0.3) is 0 Å². The van der Waals surface area contributed by atoms with Crippen molar-refractivity contribution < 1.29 is 9.59 Å². The average molecular weight is 347 g/mol. The highest BCUT2D eigenvalue weighted by molar-refractivity contribution is 14.1. The second-order valence-electron chi connectivity index (χ2n) is 3.44. The van der Waals surface area contributed by atoms with Crippen LogP contribution in [0.5, 0.6) is 0 Å². The van der Waals surface area contributed by atoms with Gasteiger partial charge in [-0.05, 0) is 47.7 Å². The van der Waals surface area contributed by atoms with E-state index in [0.29, 0.717) is 0 Å². The van der Waals surface area contributed by atoms with E-state index in [9.17, 15) is 9.59 Å². The molecule has 0 spiro atoms. The molecule has 0 saturated carbocycles. The van der Waals surface area contributed by atoms with Gasteiger partial charge in [-0.2, -0.15) is 0 Å². The molecule has 0 heterocycles. The number of carbonyl (C=O) groups is 2. The Hall–Kier alpha value is -1.31. The molecular weight excluding hydrogens is 333 g/mol. The summed E-state index contributed by atoms with van der Waals surface area (Å²) in [5.74, 6) is -0.372. The molecule has 0 aliphatic heterocycles. The Morgan fingerprint density at radius 1 is 1.35 bits per heavy atom. The van der Waals surface area contributed by atoms with Crippen LogP contribution in [0.2, 0.25) is 0 Å². The minimum absolute atomic E-state index is 0.372. The van der Waals surface area contributed by atoms with Crippen molar-refractivity contribution in [3.63, 3.8) is 0 Å². The standard InChI is InChI=1S/C11H14IN3O2/c1-7(10(16)15-11(17)13-2)14-9-5-3-4-8(12)6-9/h3-7,14H,1-2H3,(H2,13,15,16,17). The van der Waals surface area contributed by atoms with Crippen LogP contribution in [0.15, 0.2) is 24.3 Å². The molecule has 0 saturated heterocycles. The minimum Gasteiger partial charge on any atom is -0.374 e. The molecule has 0 aliphatic rings. The molecule has 1 aromatic carbocycles. The number of urea groups is 1. The van der Waals surface area contributed by atoms with Crippen molar-refractivity contribution in [2.45, 2.75) is 13.0 Å². The molecule has 0 radical (unpaired) electrons. The SMILES string of the molecule is CNC(=O)NC(=O)C(C)Nc1cccc(I)c1. The highest BCUT2D eigenvalue weighted by Gasteiger charge is 2.14. The van der Waals surface area contributed by atoms with E-state index in [0.717, 1.165) is 9.26 Å². The van der Waals surface area contributed by atoms with E-state index in [1.54, 1.807) is 6.92 Å². The Morgan fingerprint density at radius 2 is 2.06 bits per heavy atom. The second-order valence-corrected chi connectivity index (χ2v) is 4.69. The van der Waals surface area contributed by atoms with Gasteiger partial charge in [-0.25, -0.2) is 4.79 Å². The van der Waals surface area contributed by atoms with Crippen LogP contribution < -0.4 is 16.0 Å². The van der Waals surface area contributed by atoms with Crippen LogP contribution in [-0.2, 0) is 4.79 Å². The summed E-state index contributed by atoms with van der Waals surface area (Å²) in [6, 6.07) is 6.65. The second kappa shape index (κ2) is 6.43. The first-order valence-corrected chi connectivity index (χ1v) is 6.15. The fourth-order valence-corrected chi connectivity index (χ4v) is 1.72. The lowest BCUT2D eigenvalue weighted by Gasteiger charge is -2.14. The highest BCUT2D eigenvalue weighted by atomic mass is 127. The molecule has 3 N–H and O–H groups in total. The first kappa shape index (κ1) is 13.8. The van der Waals surface area contributed by atoms with Crippen LogP contribution in [0, 0.1) is 3.57 Å². The van der Waals surface area contributed by atoms with Gasteiger partial charge < -0.3 is 10.6 Å². The lowest BCUT2D eigenvalue weighted by atomic mass is 10.2. The number of nitrogens with one attached hydrogen (secondary N) is 3. The maximum Gasteiger partial charge on any atom is 0.321 e. The van der Waals surface area contributed by atoms with Crippen LogP contribution >= 0.6 is 22.6 Å². The molecule has 1 aromatic rings. The summed E-state index contributed by atoms with van der Waals surface area (Å²) in [7, 11) is 1.46. The minimum atomic E-state index is -0.508. The number of carbonyl (C=O) groups excluding carboxylic acids is 2. The summed E-state index contributed by atoms with van der Waals surface area (Å²) in [5.41, 5.74) is 0.844. The molecular formula is C11H14IN3O2. The molecule has 6 heteroatoms. The van der Waals surface area contributed by atoms with Gasteiger partial charge in [0.05, 0.1) is 0 Å². The Labute approximate surface area is 113 Å². The molecule has 92 valence electrons. The predicted octanol–water partition coefficient (Wildman–Crippen LogP) is 1.55. The van der Waals surface area contributed by atoms with Crippen molar-refractivity contribution >= 4 is 40.2 Å². The smallest absolute Gasteiger partial charge is 0.321 e. The number of hydrogen-bond acceptors (Lipinski definition) is 3. The van der Waals surface area contributed by atoms with Gasteiger partial charge in [0.15, 0.2) is 0 Å². The molecule has 3 amide bonds. The van der Waals surface area contributed by atoms with E-state index >= 15 is 0 Å². The third-order valence-corrected chi connectivity index (χ3v) is 2.74. The van der Waals surface area contributed by atoms with Crippen LogP contribution in [0.25, 0.3) is 0 Å². The lowest BCUT2D eigenvalue weighted by molar-refractivity contribution is -0.120. The number of benzene rings is 1. The number of anilines is 1. The number of hydrogen-bond donors (Lipinski definition) is 3. The molecule has 1 unspecified atom stereocenters. The molecule has 1 atom stereocenters. The van der Waals surface area contributed by atoms with Gasteiger partial charge in [0, 0.05) is 16.3 Å². The quantitative estimate of drug-likeness (QED) is 0.727. The van der Waals surface area contributed by atoms with Crippen LogP contribution in [0.1, 0.15) is 6.92 Å². The van der Waals surface area contributed by atoms with Crippen LogP contribution in [0.4, 0.5) is 10.5 Å². The van der Waals surface area contributed by atoms with E-state index < -0.39 is 12.1 Å². The van der Waals surface area contributed by atoms with Gasteiger partial charge in [0.1, 0.15) is 6.04 Å². The summed E-state index contributed by atoms with van der Waals surface area (Å²) < 4.78 is 1.08. The molecule has 1 rings (SSSR count). The summed E-state index contributed by atoms with van der Waals surface area (Å²) in [6.45, 7) is 1.69. The summed E-state index contributed by atoms with van der Waals surface area (Å²) >= 11 is 2.19. The number of amides is 3. The largest absolute Gasteiger partial charge is 0.374 e. The average Bonchev–Trinajstić information content (AvgIpc) is 2.28. The number of halogens is 1. The van der Waals surface area contributed by atoms with Crippen molar-refractivity contribution in [1.82, 2.24) is 10.6 Å². The third-order valence-electron chi connectivity index (χ3n) is 2.06. The van der Waals surface area contributed by atoms with E-state index in [1.165, 1.54) is 7.05 Å². The summed E-state index contributed by atoms with van der Waals surface area (Å²) in [4.78, 5) is 22.5. The number of rotatable bonds is 3. The maximum absolute atomic E-state index is 11.6. The molecule has 0 bridgehead atoms. The topological polar surface area (TPSA) is 70.2 Å². The normalized spacial score (nSPS) is 11.5. The predicted molar refractivity (Wildman–Crippen MR) is 74.8 cm³/mol. The van der Waals surface area contributed by atoms with Crippen LogP contribution in [-0.4, -0.2) is 25.0 Å². The Balaban J connectivity index is 2.57. The zero-order chi connectivity index (χ0) is 12.8. The lowest BCUT2D eigenvalue weighted by Crippen LogP contribution is -2.44. The third kappa shape index (κ3) is 4.59. The molecule has 0 fully saturated rings. The Bertz CT molecular complexity index is 423. The molecule has 0 aromatic heterocycles. The van der Waals surface area contributed by atoms with Crippen molar-refractivity contribution in [2.75, 3.05) is 12.4 Å². The zero-order valence-electron chi connectivity index (χ0n) is 9.58. The van der Waals surface area contributed by atoms with Crippen molar-refractivity contribution in [1.29, 1.82) is 0 Å². The van der Waals surface area contributed by atoms with Crippen molar-refractivity contribution in [3.05, 3.63) is 27.8 Å². The first-order chi connectivity index (χ1) is 8.02. The van der Waals surface area contributed by atoms with Crippen molar-refractivity contribution in [3.8, 4) is 0 Å². The van der Waals surface area contributed by atoms with E-state index in [1.807, 2.05) is 24.3 Å². The summed E-state index contributed by atoms with van der Waals surface area (Å²) in [6.07, 6.45) is 0. The molecule has 17 heavy (non-hydrogen) atoms. The van der Waals surface area contributed by atoms with Crippen molar-refractivity contribution in [2.24, 2.45) is 0 Å². The van der Waals surface area contributed by atoms with Gasteiger partial charge in [-0.15, -0.1) is 0 Å². The van der Waals surface area contributed by atoms with E-state index in [2.05, 4.69) is 38.5 Å². The van der Waals surface area contributed by atoms with E-state index in [4.69, 9.17) is 0 Å². The fraction of sp³-hybridized carbons (Fsp3) is 0.273. The zero-order valence-corrected chi connectivity index (χ0v) is 11.7. The monoisotopic (exact) mass is 347 g/mol. The van der Waals surface area contributed by atoms with Gasteiger partial charge in [-0.3, -0.25) is 10.1 Å². The van der Waals surface area contributed by atoms with Crippen LogP contribution in [0.3, 0.4) is 0 Å². The summed E-state index contributed by atoms with van der Waals surface area (Å²) in [5, 5.41) is 7.55. The molecule has 5 nitrogen and oxygen atoms in total. The van der Waals surface area contributed by atoms with Gasteiger partial charge >= 0.3 is 6.03 Å². The molecule has 0 aliphatic carbocycles. The Kier molecular flexibility index (Phi) is 5.20. The fourth-order valence-electron chi connectivity index (χ4n) is 1.18. The Morgan fingerprint density at radius 3 is 2.65 bits per heavy atom.